The molecule has 1 N–H and O–H groups in total. The first kappa shape index (κ1) is 21.7. The smallest absolute Gasteiger partial charge is 0.243 e. The minimum Gasteiger partial charge on any atom is -0.356 e. The summed E-state index contributed by atoms with van der Waals surface area (Å²) in [7, 11) is 5.47. The normalized spacial score (nSPS) is 11.0. The SMILES string of the molecule is CC(C)CNC(=NCC(=O)N(C)C)N(C)Cc1ccccc1.I. The molecule has 1 aromatic rings. The fourth-order valence-electron chi connectivity index (χ4n) is 1.82. The zero-order chi connectivity index (χ0) is 16.5. The molecule has 6 heteroatoms. The molecule has 1 rings (SSSR count). The van der Waals surface area contributed by atoms with Gasteiger partial charge in [-0.1, -0.05) is 44.2 Å². The largest absolute Gasteiger partial charge is 0.356 e. The van der Waals surface area contributed by atoms with Gasteiger partial charge in [0.05, 0.1) is 0 Å². The summed E-state index contributed by atoms with van der Waals surface area (Å²) in [5, 5.41) is 3.34. The van der Waals surface area contributed by atoms with Crippen LogP contribution in [-0.2, 0) is 11.3 Å². The number of hydrogen-bond acceptors (Lipinski definition) is 2. The van der Waals surface area contributed by atoms with Gasteiger partial charge in [-0.3, -0.25) is 4.79 Å². The monoisotopic (exact) mass is 432 g/mol. The molecule has 130 valence electrons. The van der Waals surface area contributed by atoms with Crippen molar-refractivity contribution in [3.63, 3.8) is 0 Å². The molecule has 5 nitrogen and oxygen atoms in total. The zero-order valence-corrected chi connectivity index (χ0v) is 17.1. The molecule has 0 spiro atoms. The number of carbonyl (C=O) groups excluding carboxylic acids is 1. The van der Waals surface area contributed by atoms with Crippen LogP contribution in [0.4, 0.5) is 0 Å². The van der Waals surface area contributed by atoms with Crippen molar-refractivity contribution in [1.29, 1.82) is 0 Å². The lowest BCUT2D eigenvalue weighted by molar-refractivity contribution is -0.127. The number of nitrogens with zero attached hydrogens (tertiary/aromatic N) is 3. The topological polar surface area (TPSA) is 47.9 Å². The van der Waals surface area contributed by atoms with E-state index < -0.39 is 0 Å². The molecule has 0 aromatic heterocycles. The molecule has 0 aliphatic heterocycles. The van der Waals surface area contributed by atoms with Gasteiger partial charge in [-0.25, -0.2) is 4.99 Å². The molecule has 0 saturated carbocycles. The fourth-order valence-corrected chi connectivity index (χ4v) is 1.82. The first-order valence-electron chi connectivity index (χ1n) is 7.63. The molecule has 0 fully saturated rings. The van der Waals surface area contributed by atoms with E-state index in [4.69, 9.17) is 0 Å². The average molecular weight is 432 g/mol. The van der Waals surface area contributed by atoms with Crippen LogP contribution in [-0.4, -0.2) is 55.9 Å². The van der Waals surface area contributed by atoms with Gasteiger partial charge in [0, 0.05) is 34.2 Å². The minimum absolute atomic E-state index is 0. The molecule has 0 aliphatic carbocycles. The van der Waals surface area contributed by atoms with Crippen LogP contribution >= 0.6 is 24.0 Å². The van der Waals surface area contributed by atoms with E-state index in [2.05, 4.69) is 36.3 Å². The summed E-state index contributed by atoms with van der Waals surface area (Å²) in [6, 6.07) is 10.2. The summed E-state index contributed by atoms with van der Waals surface area (Å²) in [4.78, 5) is 19.8. The number of aliphatic imine (C=N–C) groups is 1. The maximum atomic E-state index is 11.7. The number of rotatable bonds is 6. The highest BCUT2D eigenvalue weighted by molar-refractivity contribution is 14.0. The van der Waals surface area contributed by atoms with Crippen molar-refractivity contribution in [2.24, 2.45) is 10.9 Å². The highest BCUT2D eigenvalue weighted by Crippen LogP contribution is 2.03. The van der Waals surface area contributed by atoms with Crippen LogP contribution in [0.5, 0.6) is 0 Å². The number of nitrogens with one attached hydrogen (secondary N) is 1. The van der Waals surface area contributed by atoms with E-state index in [1.807, 2.05) is 30.1 Å². The molecular weight excluding hydrogens is 403 g/mol. The van der Waals surface area contributed by atoms with Crippen LogP contribution in [0.2, 0.25) is 0 Å². The summed E-state index contributed by atoms with van der Waals surface area (Å²) in [6.45, 7) is 6.03. The Kier molecular flexibility index (Phi) is 10.6. The summed E-state index contributed by atoms with van der Waals surface area (Å²) < 4.78 is 0. The van der Waals surface area contributed by atoms with Crippen molar-refractivity contribution in [3.8, 4) is 0 Å². The number of halogens is 1. The molecule has 0 heterocycles. The van der Waals surface area contributed by atoms with Crippen LogP contribution in [0.15, 0.2) is 35.3 Å². The Balaban J connectivity index is 0.00000484. The van der Waals surface area contributed by atoms with Crippen molar-refractivity contribution in [2.45, 2.75) is 20.4 Å². The van der Waals surface area contributed by atoms with Gasteiger partial charge in [0.1, 0.15) is 6.54 Å². The second-order valence-electron chi connectivity index (χ2n) is 6.04. The van der Waals surface area contributed by atoms with E-state index in [1.54, 1.807) is 19.0 Å². The predicted molar refractivity (Wildman–Crippen MR) is 107 cm³/mol. The third-order valence-corrected chi connectivity index (χ3v) is 3.16. The van der Waals surface area contributed by atoms with Crippen molar-refractivity contribution in [3.05, 3.63) is 35.9 Å². The van der Waals surface area contributed by atoms with E-state index in [9.17, 15) is 4.79 Å². The van der Waals surface area contributed by atoms with Gasteiger partial charge in [-0.2, -0.15) is 0 Å². The lowest BCUT2D eigenvalue weighted by atomic mass is 10.2. The molecule has 1 amide bonds. The molecule has 1 aromatic carbocycles. The third kappa shape index (κ3) is 8.78. The molecule has 0 radical (unpaired) electrons. The number of guanidine groups is 1. The Morgan fingerprint density at radius 1 is 1.17 bits per heavy atom. The standard InChI is InChI=1S/C17H28N4O.HI/c1-14(2)11-18-17(19-12-16(22)20(3)4)21(5)13-15-9-7-6-8-10-15;/h6-10,14H,11-13H2,1-5H3,(H,18,19);1H. The van der Waals surface area contributed by atoms with Gasteiger partial charge in [0.25, 0.3) is 0 Å². The van der Waals surface area contributed by atoms with Crippen LogP contribution in [0.1, 0.15) is 19.4 Å². The van der Waals surface area contributed by atoms with Gasteiger partial charge >= 0.3 is 0 Å². The van der Waals surface area contributed by atoms with E-state index in [0.717, 1.165) is 19.0 Å². The van der Waals surface area contributed by atoms with Crippen LogP contribution in [0.25, 0.3) is 0 Å². The lowest BCUT2D eigenvalue weighted by Gasteiger charge is -2.23. The van der Waals surface area contributed by atoms with Crippen LogP contribution in [0, 0.1) is 5.92 Å². The molecule has 23 heavy (non-hydrogen) atoms. The number of likely N-dealkylation sites (N-methyl/N-ethyl adjacent to an activating group) is 1. The second-order valence-corrected chi connectivity index (χ2v) is 6.04. The minimum atomic E-state index is -0.00282. The van der Waals surface area contributed by atoms with E-state index in [-0.39, 0.29) is 36.4 Å². The Morgan fingerprint density at radius 2 is 1.78 bits per heavy atom. The van der Waals surface area contributed by atoms with Gasteiger partial charge in [0.2, 0.25) is 5.91 Å². The van der Waals surface area contributed by atoms with E-state index >= 15 is 0 Å². The van der Waals surface area contributed by atoms with Gasteiger partial charge in [-0.15, -0.1) is 24.0 Å². The maximum Gasteiger partial charge on any atom is 0.243 e. The van der Waals surface area contributed by atoms with E-state index in [1.165, 1.54) is 5.56 Å². The molecular formula is C17H29IN4O. The quantitative estimate of drug-likeness (QED) is 0.427. The van der Waals surface area contributed by atoms with Gasteiger partial charge < -0.3 is 15.1 Å². The molecule has 0 atom stereocenters. The summed E-state index contributed by atoms with van der Waals surface area (Å²) in [6.07, 6.45) is 0. The average Bonchev–Trinajstić information content (AvgIpc) is 2.47. The first-order chi connectivity index (χ1) is 10.4. The highest BCUT2D eigenvalue weighted by atomic mass is 127. The predicted octanol–water partition coefficient (Wildman–Crippen LogP) is 2.43. The first-order valence-corrected chi connectivity index (χ1v) is 7.63. The molecule has 0 saturated heterocycles. The summed E-state index contributed by atoms with van der Waals surface area (Å²) in [5.74, 6) is 1.27. The Labute approximate surface area is 157 Å². The third-order valence-electron chi connectivity index (χ3n) is 3.16. The Hall–Kier alpha value is -1.31. The zero-order valence-electron chi connectivity index (χ0n) is 14.7. The number of benzene rings is 1. The lowest BCUT2D eigenvalue weighted by Crippen LogP contribution is -2.41. The second kappa shape index (κ2) is 11.3. The van der Waals surface area contributed by atoms with Crippen LogP contribution < -0.4 is 5.32 Å². The fraction of sp³-hybridized carbons (Fsp3) is 0.529. The Morgan fingerprint density at radius 3 is 2.30 bits per heavy atom. The summed E-state index contributed by atoms with van der Waals surface area (Å²) >= 11 is 0. The van der Waals surface area contributed by atoms with Crippen molar-refractivity contribution in [2.75, 3.05) is 34.2 Å². The van der Waals surface area contributed by atoms with Gasteiger partial charge in [0.15, 0.2) is 5.96 Å². The molecule has 0 unspecified atom stereocenters. The van der Waals surface area contributed by atoms with Crippen LogP contribution in [0.3, 0.4) is 0 Å². The van der Waals surface area contributed by atoms with Crippen molar-refractivity contribution >= 4 is 35.8 Å². The maximum absolute atomic E-state index is 11.7. The van der Waals surface area contributed by atoms with E-state index in [0.29, 0.717) is 5.92 Å². The molecule has 0 bridgehead atoms. The van der Waals surface area contributed by atoms with Crippen molar-refractivity contribution < 1.29 is 4.79 Å². The molecule has 0 aliphatic rings. The highest BCUT2D eigenvalue weighted by Gasteiger charge is 2.10. The Bertz CT molecular complexity index is 489. The number of amides is 1. The van der Waals surface area contributed by atoms with Gasteiger partial charge in [-0.05, 0) is 11.5 Å². The number of carbonyl (C=O) groups is 1. The number of hydrogen-bond donors (Lipinski definition) is 1. The summed E-state index contributed by atoms with van der Waals surface area (Å²) in [5.41, 5.74) is 1.21. The van der Waals surface area contributed by atoms with Crippen molar-refractivity contribution in [1.82, 2.24) is 15.1 Å².